The smallest absolute Gasteiger partial charge is 0.326 e. The van der Waals surface area contributed by atoms with Crippen LogP contribution in [0.15, 0.2) is 18.2 Å². The van der Waals surface area contributed by atoms with Crippen molar-refractivity contribution in [3.8, 4) is 0 Å². The van der Waals surface area contributed by atoms with E-state index < -0.39 is 0 Å². The molecule has 0 spiro atoms. The van der Waals surface area contributed by atoms with Crippen LogP contribution >= 0.6 is 0 Å². The first-order valence-corrected chi connectivity index (χ1v) is 6.00. The molecular formula is C14H18FMoN3. The molecule has 19 heavy (non-hydrogen) atoms. The molecule has 0 fully saturated rings. The molecule has 0 radical (unpaired) electrons. The molecule has 2 aromatic rings. The van der Waals surface area contributed by atoms with E-state index in [1.165, 1.54) is 0 Å². The summed E-state index contributed by atoms with van der Waals surface area (Å²) in [5.74, 6) is 0. The first-order valence-electron chi connectivity index (χ1n) is 6.00. The average molecular weight is 343 g/mol. The fourth-order valence-corrected chi connectivity index (χ4v) is 1.84. The van der Waals surface area contributed by atoms with Gasteiger partial charge in [0, 0.05) is 11.1 Å². The molecule has 2 N–H and O–H groups in total. The maximum absolute atomic E-state index is 12.8. The molecular weight excluding hydrogens is 325 g/mol. The number of hydrogen-bond acceptors (Lipinski definition) is 2. The van der Waals surface area contributed by atoms with E-state index >= 15 is 0 Å². The van der Waals surface area contributed by atoms with Gasteiger partial charge in [0.05, 0.1) is 0 Å². The number of H-pyrrole nitrogens is 1. The molecule has 102 valence electrons. The maximum Gasteiger partial charge on any atom is 2.00 e. The van der Waals surface area contributed by atoms with Crippen LogP contribution in [0.4, 0.5) is 4.39 Å². The molecule has 0 saturated heterocycles. The zero-order chi connectivity index (χ0) is 13.2. The van der Waals surface area contributed by atoms with E-state index in [0.717, 1.165) is 23.0 Å². The minimum atomic E-state index is 0. The first kappa shape index (κ1) is 16.1. The Kier molecular flexibility index (Phi) is 5.45. The zero-order valence-electron chi connectivity index (χ0n) is 11.3. The summed E-state index contributed by atoms with van der Waals surface area (Å²) < 4.78 is 12.8. The molecule has 0 saturated carbocycles. The van der Waals surface area contributed by atoms with Crippen LogP contribution in [0.1, 0.15) is 32.0 Å². The van der Waals surface area contributed by atoms with Gasteiger partial charge >= 0.3 is 21.1 Å². The molecule has 1 aromatic carbocycles. The van der Waals surface area contributed by atoms with Gasteiger partial charge in [-0.25, -0.2) is 5.56 Å². The number of aromatic amines is 1. The largest absolute Gasteiger partial charge is 2.00 e. The average Bonchev–Trinajstić information content (AvgIpc) is 2.71. The van der Waals surface area contributed by atoms with Crippen molar-refractivity contribution >= 4 is 10.9 Å². The van der Waals surface area contributed by atoms with Gasteiger partial charge in [0.2, 0.25) is 0 Å². The van der Waals surface area contributed by atoms with Crippen LogP contribution in [0, 0.1) is 13.1 Å². The Morgan fingerprint density at radius 2 is 2.11 bits per heavy atom. The van der Waals surface area contributed by atoms with Gasteiger partial charge in [-0.3, -0.25) is 0 Å². The molecule has 0 aliphatic carbocycles. The number of rotatable bonds is 4. The number of fused-ring (bicyclic) bond motifs is 1. The second kappa shape index (κ2) is 6.44. The molecule has 2 rings (SSSR count). The summed E-state index contributed by atoms with van der Waals surface area (Å²) in [6.45, 7) is 7.63. The molecule has 0 bridgehead atoms. The van der Waals surface area contributed by atoms with Crippen molar-refractivity contribution in [2.45, 2.75) is 26.3 Å². The van der Waals surface area contributed by atoms with E-state index in [1.54, 1.807) is 0 Å². The van der Waals surface area contributed by atoms with Crippen molar-refractivity contribution in [1.82, 2.24) is 15.5 Å². The van der Waals surface area contributed by atoms with E-state index in [1.807, 2.05) is 18.2 Å². The van der Waals surface area contributed by atoms with E-state index in [9.17, 15) is 4.39 Å². The number of hydrogen-bond donors (Lipinski definition) is 2. The zero-order valence-corrected chi connectivity index (χ0v) is 13.3. The van der Waals surface area contributed by atoms with Gasteiger partial charge in [0.1, 0.15) is 0 Å². The van der Waals surface area contributed by atoms with Gasteiger partial charge in [-0.2, -0.15) is 17.6 Å². The second-order valence-electron chi connectivity index (χ2n) is 5.32. The van der Waals surface area contributed by atoms with Crippen molar-refractivity contribution < 1.29 is 25.5 Å². The van der Waals surface area contributed by atoms with Crippen molar-refractivity contribution in [3.05, 3.63) is 42.6 Å². The summed E-state index contributed by atoms with van der Waals surface area (Å²) in [4.78, 5) is 0. The van der Waals surface area contributed by atoms with Gasteiger partial charge in [-0.05, 0) is 34.0 Å². The van der Waals surface area contributed by atoms with E-state index in [2.05, 4.69) is 42.7 Å². The quantitative estimate of drug-likeness (QED) is 0.662. The fraction of sp³-hybridized carbons (Fsp3) is 0.357. The van der Waals surface area contributed by atoms with E-state index in [-0.39, 0.29) is 26.6 Å². The summed E-state index contributed by atoms with van der Waals surface area (Å²) in [6.07, 6.45) is 2.05. The molecule has 0 atom stereocenters. The van der Waals surface area contributed by atoms with E-state index in [0.29, 0.717) is 12.4 Å². The van der Waals surface area contributed by atoms with Crippen molar-refractivity contribution in [3.63, 3.8) is 0 Å². The Hall–Kier alpha value is -0.992. The second-order valence-corrected chi connectivity index (χ2v) is 5.32. The van der Waals surface area contributed by atoms with Crippen molar-refractivity contribution in [2.75, 3.05) is 6.54 Å². The molecule has 5 heteroatoms. The summed E-state index contributed by atoms with van der Waals surface area (Å²) in [7, 11) is 0. The van der Waals surface area contributed by atoms with Gasteiger partial charge in [0.15, 0.2) is 0 Å². The van der Waals surface area contributed by atoms with Crippen LogP contribution < -0.4 is 5.32 Å². The van der Waals surface area contributed by atoms with Crippen LogP contribution in [-0.2, 0) is 21.1 Å². The number of benzene rings is 1. The molecule has 0 aliphatic rings. The predicted octanol–water partition coefficient (Wildman–Crippen LogP) is 2.98. The number of aromatic nitrogens is 2. The van der Waals surface area contributed by atoms with Gasteiger partial charge in [0.25, 0.3) is 0 Å². The molecule has 0 unspecified atom stereocenters. The third-order valence-electron chi connectivity index (χ3n) is 2.70. The van der Waals surface area contributed by atoms with Crippen LogP contribution in [0.3, 0.4) is 0 Å². The Morgan fingerprint density at radius 3 is 2.74 bits per heavy atom. The van der Waals surface area contributed by atoms with Crippen LogP contribution in [0.2, 0.25) is 0 Å². The van der Waals surface area contributed by atoms with Crippen LogP contribution in [0.5, 0.6) is 0 Å². The summed E-state index contributed by atoms with van der Waals surface area (Å²) in [5, 5.41) is 11.0. The Balaban J connectivity index is 0.00000180. The summed E-state index contributed by atoms with van der Waals surface area (Å²) in [6, 6.07) is 5.76. The van der Waals surface area contributed by atoms with Gasteiger partial charge in [-0.1, -0.05) is 11.8 Å². The summed E-state index contributed by atoms with van der Waals surface area (Å²) >= 11 is 0. The molecule has 0 amide bonds. The predicted molar refractivity (Wildman–Crippen MR) is 71.8 cm³/mol. The third kappa shape index (κ3) is 3.98. The van der Waals surface area contributed by atoms with Crippen molar-refractivity contribution in [1.29, 1.82) is 0 Å². The summed E-state index contributed by atoms with van der Waals surface area (Å²) in [5.41, 5.74) is 2.26. The Morgan fingerprint density at radius 1 is 1.37 bits per heavy atom. The monoisotopic (exact) mass is 345 g/mol. The SMILES string of the molecule is CC(C)(C)NC[CH-]c1cccc2n[nH]c([CH-]F)c12.[Mo+2]. The number of halogens is 1. The van der Waals surface area contributed by atoms with E-state index in [4.69, 9.17) is 0 Å². The molecule has 3 nitrogen and oxygen atoms in total. The topological polar surface area (TPSA) is 40.7 Å². The van der Waals surface area contributed by atoms with Crippen LogP contribution in [0.25, 0.3) is 10.9 Å². The van der Waals surface area contributed by atoms with Crippen molar-refractivity contribution in [2.24, 2.45) is 0 Å². The molecule has 1 aromatic heterocycles. The van der Waals surface area contributed by atoms with Gasteiger partial charge < -0.3 is 14.8 Å². The standard InChI is InChI=1S/C14H18FN3.Mo/c1-14(2,3)16-8-7-10-5-4-6-11-13(10)12(9-15)18-17-11;/h4-7,9,16H,8H2,1-3H3,(H,17,18);/q-2;+2. The Labute approximate surface area is 127 Å². The minimum absolute atomic E-state index is 0. The Bertz CT molecular complexity index is 531. The number of nitrogens with zero attached hydrogens (tertiary/aromatic N) is 1. The first-order chi connectivity index (χ1) is 8.51. The molecule has 0 aliphatic heterocycles. The normalized spacial score (nSPS) is 11.2. The fourth-order valence-electron chi connectivity index (χ4n) is 1.84. The minimum Gasteiger partial charge on any atom is -0.326 e. The van der Waals surface area contributed by atoms with Crippen LogP contribution in [-0.4, -0.2) is 22.3 Å². The maximum atomic E-state index is 12.8. The number of nitrogens with one attached hydrogen (secondary N) is 2. The third-order valence-corrected chi connectivity index (χ3v) is 2.70. The van der Waals surface area contributed by atoms with Gasteiger partial charge in [-0.15, -0.1) is 11.5 Å². The molecule has 1 heterocycles.